The molecule has 4 heteroatoms. The summed E-state index contributed by atoms with van der Waals surface area (Å²) in [5.41, 5.74) is 3.24. The largest absolute Gasteiger partial charge is 0.355 e. The summed E-state index contributed by atoms with van der Waals surface area (Å²) in [5, 5.41) is 4.70. The molecule has 22 heavy (non-hydrogen) atoms. The first-order valence-corrected chi connectivity index (χ1v) is 7.96. The molecule has 0 unspecified atom stereocenters. The lowest BCUT2D eigenvalue weighted by Crippen LogP contribution is -2.33. The maximum Gasteiger partial charge on any atom is 0.154 e. The molecule has 1 aliphatic rings. The Labute approximate surface area is 130 Å². The van der Waals surface area contributed by atoms with Crippen LogP contribution in [0.2, 0.25) is 0 Å². The second-order valence-corrected chi connectivity index (χ2v) is 6.15. The standard InChI is InChI=1S/C18H20N4/c1-14-7-10-21(11-8-14)18-17-13-16(15-5-3-2-4-6-15)20-22(17)12-9-19-18/h2-6,9,12-14H,7-8,10-11H2,1H3. The van der Waals surface area contributed by atoms with Crippen LogP contribution in [0.3, 0.4) is 0 Å². The highest BCUT2D eigenvalue weighted by atomic mass is 15.3. The van der Waals surface area contributed by atoms with E-state index in [-0.39, 0.29) is 0 Å². The van der Waals surface area contributed by atoms with Gasteiger partial charge in [-0.2, -0.15) is 5.10 Å². The number of rotatable bonds is 2. The number of piperidine rings is 1. The van der Waals surface area contributed by atoms with Crippen molar-refractivity contribution in [2.75, 3.05) is 18.0 Å². The predicted octanol–water partition coefficient (Wildman–Crippen LogP) is 3.63. The highest BCUT2D eigenvalue weighted by Crippen LogP contribution is 2.27. The Balaban J connectivity index is 1.75. The Morgan fingerprint density at radius 3 is 2.64 bits per heavy atom. The minimum Gasteiger partial charge on any atom is -0.355 e. The van der Waals surface area contributed by atoms with Crippen molar-refractivity contribution in [3.05, 3.63) is 48.8 Å². The first kappa shape index (κ1) is 13.3. The number of anilines is 1. The van der Waals surface area contributed by atoms with Crippen LogP contribution >= 0.6 is 0 Å². The van der Waals surface area contributed by atoms with E-state index >= 15 is 0 Å². The molecule has 112 valence electrons. The summed E-state index contributed by atoms with van der Waals surface area (Å²) in [4.78, 5) is 7.02. The molecular weight excluding hydrogens is 272 g/mol. The smallest absolute Gasteiger partial charge is 0.154 e. The molecule has 0 spiro atoms. The quantitative estimate of drug-likeness (QED) is 0.723. The van der Waals surface area contributed by atoms with E-state index in [1.54, 1.807) is 0 Å². The molecule has 4 rings (SSSR count). The van der Waals surface area contributed by atoms with Crippen LogP contribution in [0.5, 0.6) is 0 Å². The Kier molecular flexibility index (Phi) is 3.29. The minimum atomic E-state index is 0.820. The van der Waals surface area contributed by atoms with Crippen molar-refractivity contribution in [3.8, 4) is 11.3 Å². The molecule has 2 aromatic heterocycles. The number of aromatic nitrogens is 3. The molecule has 3 heterocycles. The van der Waals surface area contributed by atoms with Crippen LogP contribution in [0.4, 0.5) is 5.82 Å². The first-order chi connectivity index (χ1) is 10.8. The van der Waals surface area contributed by atoms with Crippen molar-refractivity contribution in [3.63, 3.8) is 0 Å². The second-order valence-electron chi connectivity index (χ2n) is 6.15. The van der Waals surface area contributed by atoms with E-state index in [2.05, 4.69) is 35.0 Å². The van der Waals surface area contributed by atoms with E-state index in [0.717, 1.165) is 41.6 Å². The Morgan fingerprint density at radius 1 is 1.09 bits per heavy atom. The average Bonchev–Trinajstić information content (AvgIpc) is 3.01. The topological polar surface area (TPSA) is 33.4 Å². The maximum absolute atomic E-state index is 4.70. The fourth-order valence-electron chi connectivity index (χ4n) is 3.12. The van der Waals surface area contributed by atoms with Gasteiger partial charge in [0.15, 0.2) is 5.82 Å². The summed E-state index contributed by atoms with van der Waals surface area (Å²) in [5.74, 6) is 1.88. The lowest BCUT2D eigenvalue weighted by atomic mass is 9.99. The van der Waals surface area contributed by atoms with Crippen LogP contribution in [0, 0.1) is 5.92 Å². The monoisotopic (exact) mass is 292 g/mol. The molecule has 1 aromatic carbocycles. The van der Waals surface area contributed by atoms with Gasteiger partial charge in [0, 0.05) is 31.0 Å². The molecule has 3 aromatic rings. The van der Waals surface area contributed by atoms with Crippen molar-refractivity contribution in [2.24, 2.45) is 5.92 Å². The van der Waals surface area contributed by atoms with Crippen LogP contribution in [0.25, 0.3) is 16.8 Å². The molecule has 1 saturated heterocycles. The molecule has 0 radical (unpaired) electrons. The van der Waals surface area contributed by atoms with Crippen LogP contribution in [0.1, 0.15) is 19.8 Å². The van der Waals surface area contributed by atoms with Gasteiger partial charge < -0.3 is 4.90 Å². The molecule has 4 nitrogen and oxygen atoms in total. The van der Waals surface area contributed by atoms with Crippen molar-refractivity contribution < 1.29 is 0 Å². The van der Waals surface area contributed by atoms with Gasteiger partial charge in [0.1, 0.15) is 5.52 Å². The molecule has 0 aliphatic carbocycles. The van der Waals surface area contributed by atoms with Gasteiger partial charge >= 0.3 is 0 Å². The van der Waals surface area contributed by atoms with Crippen LogP contribution in [-0.2, 0) is 0 Å². The minimum absolute atomic E-state index is 0.820. The van der Waals surface area contributed by atoms with E-state index in [0.29, 0.717) is 0 Å². The van der Waals surface area contributed by atoms with Crippen molar-refractivity contribution in [1.29, 1.82) is 0 Å². The molecule has 0 atom stereocenters. The highest BCUT2D eigenvalue weighted by Gasteiger charge is 2.19. The van der Waals surface area contributed by atoms with E-state index in [9.17, 15) is 0 Å². The molecule has 1 fully saturated rings. The number of hydrogen-bond acceptors (Lipinski definition) is 3. The van der Waals surface area contributed by atoms with Crippen LogP contribution in [0.15, 0.2) is 48.8 Å². The van der Waals surface area contributed by atoms with Gasteiger partial charge in [-0.15, -0.1) is 0 Å². The van der Waals surface area contributed by atoms with Gasteiger partial charge in [0.25, 0.3) is 0 Å². The van der Waals surface area contributed by atoms with Crippen LogP contribution in [-0.4, -0.2) is 27.7 Å². The highest BCUT2D eigenvalue weighted by molar-refractivity contribution is 5.75. The van der Waals surface area contributed by atoms with E-state index < -0.39 is 0 Å². The van der Waals surface area contributed by atoms with Gasteiger partial charge in [-0.3, -0.25) is 0 Å². The van der Waals surface area contributed by atoms with E-state index in [1.807, 2.05) is 35.1 Å². The number of hydrogen-bond donors (Lipinski definition) is 0. The molecule has 1 aliphatic heterocycles. The number of benzene rings is 1. The zero-order valence-corrected chi connectivity index (χ0v) is 12.8. The summed E-state index contributed by atoms with van der Waals surface area (Å²) in [6.45, 7) is 4.50. The van der Waals surface area contributed by atoms with Crippen molar-refractivity contribution >= 4 is 11.3 Å². The maximum atomic E-state index is 4.70. The third-order valence-corrected chi connectivity index (χ3v) is 4.52. The Bertz CT molecular complexity index is 770. The third-order valence-electron chi connectivity index (χ3n) is 4.52. The number of nitrogens with zero attached hydrogens (tertiary/aromatic N) is 4. The Hall–Kier alpha value is -2.36. The molecule has 0 amide bonds. The fraction of sp³-hybridized carbons (Fsp3) is 0.333. The third kappa shape index (κ3) is 2.34. The van der Waals surface area contributed by atoms with E-state index in [4.69, 9.17) is 5.10 Å². The SMILES string of the molecule is CC1CCN(c2nccn3nc(-c4ccccc4)cc23)CC1. The average molecular weight is 292 g/mol. The molecule has 0 N–H and O–H groups in total. The fourth-order valence-corrected chi connectivity index (χ4v) is 3.12. The zero-order valence-electron chi connectivity index (χ0n) is 12.8. The number of fused-ring (bicyclic) bond motifs is 1. The summed E-state index contributed by atoms with van der Waals surface area (Å²) < 4.78 is 1.95. The normalized spacial score (nSPS) is 16.3. The van der Waals surface area contributed by atoms with Gasteiger partial charge in [-0.25, -0.2) is 9.50 Å². The summed E-state index contributed by atoms with van der Waals surface area (Å²) in [6, 6.07) is 12.5. The zero-order chi connectivity index (χ0) is 14.9. The molecule has 0 saturated carbocycles. The predicted molar refractivity (Wildman–Crippen MR) is 89.0 cm³/mol. The van der Waals surface area contributed by atoms with Crippen molar-refractivity contribution in [2.45, 2.75) is 19.8 Å². The second kappa shape index (κ2) is 5.44. The Morgan fingerprint density at radius 2 is 1.86 bits per heavy atom. The van der Waals surface area contributed by atoms with Gasteiger partial charge in [0.05, 0.1) is 5.69 Å². The van der Waals surface area contributed by atoms with Gasteiger partial charge in [0.2, 0.25) is 0 Å². The summed E-state index contributed by atoms with van der Waals surface area (Å²) in [6.07, 6.45) is 6.25. The summed E-state index contributed by atoms with van der Waals surface area (Å²) >= 11 is 0. The molecular formula is C18H20N4. The lowest BCUT2D eigenvalue weighted by Gasteiger charge is -2.31. The molecule has 0 bridgehead atoms. The van der Waals surface area contributed by atoms with E-state index in [1.165, 1.54) is 12.8 Å². The summed E-state index contributed by atoms with van der Waals surface area (Å²) in [7, 11) is 0. The van der Waals surface area contributed by atoms with Crippen molar-refractivity contribution in [1.82, 2.24) is 14.6 Å². The van der Waals surface area contributed by atoms with Crippen LogP contribution < -0.4 is 4.90 Å². The van der Waals surface area contributed by atoms with Gasteiger partial charge in [-0.1, -0.05) is 37.3 Å². The first-order valence-electron chi connectivity index (χ1n) is 7.96. The van der Waals surface area contributed by atoms with Gasteiger partial charge in [-0.05, 0) is 24.8 Å². The lowest BCUT2D eigenvalue weighted by molar-refractivity contribution is 0.437.